The van der Waals surface area contributed by atoms with Crippen LogP contribution in [0.15, 0.2) is 59.6 Å². The smallest absolute Gasteiger partial charge is 0.265 e. The van der Waals surface area contributed by atoms with Crippen molar-refractivity contribution in [3.8, 4) is 11.8 Å². The van der Waals surface area contributed by atoms with Gasteiger partial charge in [0, 0.05) is 23.3 Å². The van der Waals surface area contributed by atoms with Crippen molar-refractivity contribution in [2.24, 2.45) is 40.0 Å². The summed E-state index contributed by atoms with van der Waals surface area (Å²) in [7, 11) is 0. The second-order valence-electron chi connectivity index (χ2n) is 13.0. The maximum Gasteiger partial charge on any atom is 0.265 e. The standard InChI is InChI=1S/C35H43N3O5/c1-22-27(17-28-18-29(22)35(28,3)4)19-37-34(42)32-31(23(2)40)30(21-39)43-38(32)20-25-11-8-10-24(16-25)12-9-15-36-33(41)26-13-6-5-7-14-26/h5-8,10-11,13-14,16,19,22-23,27-32,39-40H,15,17-18,20-21H2,1-4H3,(H,36,41)/t22-,23+,27?,28+,29?,30+,31-,32+/m1/s1. The molecule has 1 saturated heterocycles. The number of hydrogen-bond donors (Lipinski definition) is 3. The largest absolute Gasteiger partial charge is 0.394 e. The SMILES string of the molecule is C[C@@H]1C(C=NC(=O)[C@@H]2[C@H]([C@H](C)O)[C@H](CO)ON2Cc2cccc(C#CCNC(=O)c3ccccc3)c2)C[C@H]2CC1C2(C)C. The minimum Gasteiger partial charge on any atom is -0.394 e. The number of fused-ring (bicyclic) bond motifs is 2. The van der Waals surface area contributed by atoms with Crippen LogP contribution in [0, 0.1) is 46.8 Å². The number of benzene rings is 2. The molecular weight excluding hydrogens is 542 g/mol. The number of rotatable bonds is 8. The summed E-state index contributed by atoms with van der Waals surface area (Å²) in [4.78, 5) is 36.3. The zero-order chi connectivity index (χ0) is 30.7. The van der Waals surface area contributed by atoms with Crippen LogP contribution in [0.3, 0.4) is 0 Å². The molecule has 1 aliphatic heterocycles. The number of aliphatic imine (C=N–C) groups is 1. The Morgan fingerprint density at radius 2 is 1.95 bits per heavy atom. The van der Waals surface area contributed by atoms with Gasteiger partial charge in [-0.2, -0.15) is 5.06 Å². The van der Waals surface area contributed by atoms with Gasteiger partial charge in [-0.15, -0.1) is 0 Å². The Bertz CT molecular complexity index is 1390. The Labute approximate surface area is 254 Å². The Kier molecular flexibility index (Phi) is 9.48. The molecule has 3 aliphatic carbocycles. The lowest BCUT2D eigenvalue weighted by atomic mass is 9.43. The molecule has 0 radical (unpaired) electrons. The molecular formula is C35H43N3O5. The molecule has 4 aliphatic rings. The van der Waals surface area contributed by atoms with Crippen molar-refractivity contribution < 1.29 is 24.6 Å². The number of nitrogens with one attached hydrogen (secondary N) is 1. The minimum absolute atomic E-state index is 0.183. The molecule has 0 spiro atoms. The molecule has 2 aromatic carbocycles. The summed E-state index contributed by atoms with van der Waals surface area (Å²) in [5.74, 6) is 6.90. The molecule has 6 rings (SSSR count). The minimum atomic E-state index is -0.878. The Balaban J connectivity index is 1.26. The molecule has 1 heterocycles. The van der Waals surface area contributed by atoms with E-state index in [2.05, 4.69) is 42.9 Å². The van der Waals surface area contributed by atoms with Crippen LogP contribution in [0.4, 0.5) is 0 Å². The molecule has 8 atom stereocenters. The first-order valence-electron chi connectivity index (χ1n) is 15.3. The van der Waals surface area contributed by atoms with Crippen molar-refractivity contribution in [2.75, 3.05) is 13.2 Å². The third-order valence-electron chi connectivity index (χ3n) is 10.0. The van der Waals surface area contributed by atoms with Crippen LogP contribution in [0.25, 0.3) is 0 Å². The summed E-state index contributed by atoms with van der Waals surface area (Å²) < 4.78 is 0. The number of hydroxylamine groups is 2. The Morgan fingerprint density at radius 3 is 2.63 bits per heavy atom. The average Bonchev–Trinajstić information content (AvgIpc) is 3.37. The summed E-state index contributed by atoms with van der Waals surface area (Å²) in [6.07, 6.45) is 2.52. The molecule has 228 valence electrons. The van der Waals surface area contributed by atoms with Crippen molar-refractivity contribution in [1.82, 2.24) is 10.4 Å². The van der Waals surface area contributed by atoms with Crippen molar-refractivity contribution >= 4 is 18.0 Å². The fourth-order valence-corrected chi connectivity index (χ4v) is 7.38. The molecule has 2 aromatic rings. The highest BCUT2D eigenvalue weighted by Gasteiger charge is 2.56. The number of hydrogen-bond acceptors (Lipinski definition) is 6. The third kappa shape index (κ3) is 6.61. The third-order valence-corrected chi connectivity index (χ3v) is 10.0. The van der Waals surface area contributed by atoms with Crippen LogP contribution in [0.2, 0.25) is 0 Å². The molecule has 2 amide bonds. The molecule has 2 bridgehead atoms. The van der Waals surface area contributed by atoms with E-state index in [9.17, 15) is 19.8 Å². The predicted octanol–water partition coefficient (Wildman–Crippen LogP) is 3.86. The molecule has 3 saturated carbocycles. The number of nitrogens with zero attached hydrogens (tertiary/aromatic N) is 2. The number of carbonyl (C=O) groups is 2. The van der Waals surface area contributed by atoms with Crippen LogP contribution in [-0.4, -0.2) is 64.7 Å². The van der Waals surface area contributed by atoms with Crippen LogP contribution >= 0.6 is 0 Å². The maximum absolute atomic E-state index is 13.6. The van der Waals surface area contributed by atoms with E-state index in [0.29, 0.717) is 28.7 Å². The monoisotopic (exact) mass is 585 g/mol. The number of aliphatic hydroxyl groups is 2. The number of aliphatic hydroxyl groups excluding tert-OH is 2. The van der Waals surface area contributed by atoms with Gasteiger partial charge in [-0.1, -0.05) is 62.9 Å². The van der Waals surface area contributed by atoms with Gasteiger partial charge in [0.1, 0.15) is 12.1 Å². The van der Waals surface area contributed by atoms with E-state index in [4.69, 9.17) is 4.84 Å². The summed E-state index contributed by atoms with van der Waals surface area (Å²) >= 11 is 0. The van der Waals surface area contributed by atoms with Crippen LogP contribution in [0.5, 0.6) is 0 Å². The Hall–Kier alpha value is -3.35. The van der Waals surface area contributed by atoms with Gasteiger partial charge in [-0.05, 0) is 78.7 Å². The second-order valence-corrected chi connectivity index (χ2v) is 13.0. The average molecular weight is 586 g/mol. The first-order chi connectivity index (χ1) is 20.6. The molecule has 2 unspecified atom stereocenters. The Morgan fingerprint density at radius 1 is 1.19 bits per heavy atom. The lowest BCUT2D eigenvalue weighted by Crippen LogP contribution is -2.55. The summed E-state index contributed by atoms with van der Waals surface area (Å²) in [5.41, 5.74) is 2.54. The highest BCUT2D eigenvalue weighted by atomic mass is 16.7. The van der Waals surface area contributed by atoms with E-state index in [-0.39, 0.29) is 37.4 Å². The van der Waals surface area contributed by atoms with Gasteiger partial charge in [0.25, 0.3) is 11.8 Å². The number of carbonyl (C=O) groups excluding carboxylic acids is 2. The van der Waals surface area contributed by atoms with Crippen LogP contribution in [0.1, 0.15) is 62.0 Å². The maximum atomic E-state index is 13.6. The van der Waals surface area contributed by atoms with Gasteiger partial charge in [-0.3, -0.25) is 14.4 Å². The molecule has 8 heteroatoms. The quantitative estimate of drug-likeness (QED) is 0.321. The first kappa shape index (κ1) is 31.1. The normalized spacial score (nSPS) is 30.2. The van der Waals surface area contributed by atoms with Gasteiger partial charge in [0.2, 0.25) is 0 Å². The molecule has 43 heavy (non-hydrogen) atoms. The van der Waals surface area contributed by atoms with E-state index in [1.54, 1.807) is 24.1 Å². The highest BCUT2D eigenvalue weighted by molar-refractivity contribution is 5.94. The zero-order valence-corrected chi connectivity index (χ0v) is 25.4. The van der Waals surface area contributed by atoms with Crippen molar-refractivity contribution in [1.29, 1.82) is 0 Å². The fraction of sp³-hybridized carbons (Fsp3) is 0.514. The van der Waals surface area contributed by atoms with Crippen molar-refractivity contribution in [3.05, 3.63) is 71.3 Å². The van der Waals surface area contributed by atoms with E-state index in [0.717, 1.165) is 17.5 Å². The lowest BCUT2D eigenvalue weighted by Gasteiger charge is -2.61. The predicted molar refractivity (Wildman–Crippen MR) is 165 cm³/mol. The second kappa shape index (κ2) is 13.1. The number of amides is 2. The first-order valence-corrected chi connectivity index (χ1v) is 15.3. The molecule has 3 N–H and O–H groups in total. The topological polar surface area (TPSA) is 111 Å². The van der Waals surface area contributed by atoms with Crippen LogP contribution < -0.4 is 5.32 Å². The van der Waals surface area contributed by atoms with Gasteiger partial charge >= 0.3 is 0 Å². The van der Waals surface area contributed by atoms with Crippen molar-refractivity contribution in [2.45, 2.75) is 65.3 Å². The zero-order valence-electron chi connectivity index (χ0n) is 25.4. The van der Waals surface area contributed by atoms with Gasteiger partial charge in [0.15, 0.2) is 0 Å². The van der Waals surface area contributed by atoms with Crippen LogP contribution in [-0.2, 0) is 16.2 Å². The van der Waals surface area contributed by atoms with Crippen molar-refractivity contribution in [3.63, 3.8) is 0 Å². The van der Waals surface area contributed by atoms with E-state index in [1.165, 1.54) is 6.42 Å². The molecule has 8 nitrogen and oxygen atoms in total. The van der Waals surface area contributed by atoms with Gasteiger partial charge < -0.3 is 15.5 Å². The highest BCUT2D eigenvalue weighted by Crippen LogP contribution is 2.62. The van der Waals surface area contributed by atoms with Gasteiger partial charge in [0.05, 0.1) is 25.8 Å². The molecule has 0 aromatic heterocycles. The lowest BCUT2D eigenvalue weighted by molar-refractivity contribution is -0.180. The van der Waals surface area contributed by atoms with Gasteiger partial charge in [-0.25, -0.2) is 4.99 Å². The molecule has 4 fully saturated rings. The summed E-state index contributed by atoms with van der Waals surface area (Å²) in [6.45, 7) is 8.72. The van der Waals surface area contributed by atoms with E-state index >= 15 is 0 Å². The van der Waals surface area contributed by atoms with E-state index in [1.807, 2.05) is 48.7 Å². The summed E-state index contributed by atoms with van der Waals surface area (Å²) in [6, 6.07) is 15.7. The van der Waals surface area contributed by atoms with E-state index < -0.39 is 24.2 Å². The fourth-order valence-electron chi connectivity index (χ4n) is 7.38. The summed E-state index contributed by atoms with van der Waals surface area (Å²) in [5, 5.41) is 25.0.